The van der Waals surface area contributed by atoms with E-state index in [9.17, 15) is 29.1 Å². The molecular formula is C16H26N4O8S. The fourth-order valence-corrected chi connectivity index (χ4v) is 3.04. The summed E-state index contributed by atoms with van der Waals surface area (Å²) in [4.78, 5) is 60.7. The molecule has 29 heavy (non-hydrogen) atoms. The molecule has 12 nitrogen and oxygen atoms in total. The minimum absolute atomic E-state index is 0.0233. The van der Waals surface area contributed by atoms with Gasteiger partial charge in [-0.2, -0.15) is 12.6 Å². The second-order valence-electron chi connectivity index (χ2n) is 6.70. The summed E-state index contributed by atoms with van der Waals surface area (Å²) < 4.78 is 0. The molecule has 1 fully saturated rings. The molecule has 13 heteroatoms. The summed E-state index contributed by atoms with van der Waals surface area (Å²) in [6.07, 6.45) is -1.46. The van der Waals surface area contributed by atoms with Gasteiger partial charge in [0.05, 0.1) is 18.6 Å². The van der Waals surface area contributed by atoms with E-state index in [1.54, 1.807) is 0 Å². The number of rotatable bonds is 10. The van der Waals surface area contributed by atoms with Gasteiger partial charge in [-0.15, -0.1) is 0 Å². The Balaban J connectivity index is 2.96. The van der Waals surface area contributed by atoms with Gasteiger partial charge in [0.25, 0.3) is 0 Å². The fraction of sp³-hybridized carbons (Fsp3) is 0.688. The van der Waals surface area contributed by atoms with Crippen molar-refractivity contribution in [1.82, 2.24) is 15.5 Å². The maximum Gasteiger partial charge on any atom is 0.328 e. The summed E-state index contributed by atoms with van der Waals surface area (Å²) in [6.45, 7) is 1.31. The van der Waals surface area contributed by atoms with Gasteiger partial charge in [0.15, 0.2) is 6.04 Å². The van der Waals surface area contributed by atoms with Crippen molar-refractivity contribution >= 4 is 42.3 Å². The van der Waals surface area contributed by atoms with E-state index in [1.165, 1.54) is 6.92 Å². The molecule has 5 unspecified atom stereocenters. The Morgan fingerprint density at radius 3 is 2.31 bits per heavy atom. The van der Waals surface area contributed by atoms with Crippen LogP contribution < -0.4 is 16.4 Å². The number of likely N-dealkylation sites (tertiary alicyclic amines) is 1. The van der Waals surface area contributed by atoms with Crippen LogP contribution in [0.15, 0.2) is 0 Å². The van der Waals surface area contributed by atoms with Gasteiger partial charge >= 0.3 is 11.9 Å². The molecule has 0 spiro atoms. The first-order valence-electron chi connectivity index (χ1n) is 8.89. The van der Waals surface area contributed by atoms with Crippen molar-refractivity contribution in [1.29, 1.82) is 0 Å². The fourth-order valence-electron chi connectivity index (χ4n) is 2.88. The van der Waals surface area contributed by atoms with Crippen molar-refractivity contribution in [2.45, 2.75) is 56.5 Å². The lowest BCUT2D eigenvalue weighted by molar-refractivity contribution is -0.148. The number of carbonyl (C=O) groups excluding carboxylic acids is 3. The minimum atomic E-state index is -1.57. The first-order chi connectivity index (χ1) is 13.5. The van der Waals surface area contributed by atoms with Gasteiger partial charge in [0, 0.05) is 12.3 Å². The highest BCUT2D eigenvalue weighted by Gasteiger charge is 2.40. The molecule has 0 aliphatic carbocycles. The van der Waals surface area contributed by atoms with Crippen LogP contribution in [0.4, 0.5) is 0 Å². The van der Waals surface area contributed by atoms with Crippen LogP contribution in [-0.4, -0.2) is 92.4 Å². The number of carboxylic acids is 2. The zero-order valence-corrected chi connectivity index (χ0v) is 16.7. The Kier molecular flexibility index (Phi) is 9.33. The molecule has 1 aliphatic heterocycles. The quantitative estimate of drug-likeness (QED) is 0.177. The number of nitrogens with two attached hydrogens (primary N) is 1. The van der Waals surface area contributed by atoms with Gasteiger partial charge in [0.1, 0.15) is 12.1 Å². The lowest BCUT2D eigenvalue weighted by Crippen LogP contribution is -2.58. The second kappa shape index (κ2) is 11.0. The Labute approximate surface area is 172 Å². The van der Waals surface area contributed by atoms with E-state index in [-0.39, 0.29) is 18.7 Å². The molecule has 1 saturated heterocycles. The third-order valence-corrected chi connectivity index (χ3v) is 4.80. The molecule has 7 N–H and O–H groups in total. The molecular weight excluding hydrogens is 408 g/mol. The molecule has 164 valence electrons. The Morgan fingerprint density at radius 1 is 1.21 bits per heavy atom. The van der Waals surface area contributed by atoms with Crippen LogP contribution >= 0.6 is 12.6 Å². The number of aliphatic hydroxyl groups excluding tert-OH is 1. The van der Waals surface area contributed by atoms with E-state index < -0.39 is 66.4 Å². The maximum absolute atomic E-state index is 12.8. The molecule has 0 saturated carbocycles. The first-order valence-corrected chi connectivity index (χ1v) is 9.53. The number of aliphatic carboxylic acids is 2. The van der Waals surface area contributed by atoms with E-state index in [2.05, 4.69) is 23.3 Å². The largest absolute Gasteiger partial charge is 0.481 e. The molecule has 0 aromatic rings. The average Bonchev–Trinajstić information content (AvgIpc) is 3.12. The Morgan fingerprint density at radius 2 is 1.83 bits per heavy atom. The van der Waals surface area contributed by atoms with Crippen LogP contribution in [0.5, 0.6) is 0 Å². The summed E-state index contributed by atoms with van der Waals surface area (Å²) in [5.74, 6) is -5.17. The molecule has 3 amide bonds. The number of carboxylic acid groups (broad SMARTS) is 2. The molecule has 1 heterocycles. The van der Waals surface area contributed by atoms with Crippen LogP contribution in [0.1, 0.15) is 26.2 Å². The number of hydrogen-bond acceptors (Lipinski definition) is 8. The van der Waals surface area contributed by atoms with Crippen molar-refractivity contribution in [3.8, 4) is 0 Å². The Bertz CT molecular complexity index is 659. The molecule has 1 rings (SSSR count). The van der Waals surface area contributed by atoms with Crippen molar-refractivity contribution < 1.29 is 39.3 Å². The third-order valence-electron chi connectivity index (χ3n) is 4.41. The predicted molar refractivity (Wildman–Crippen MR) is 102 cm³/mol. The molecule has 0 aromatic carbocycles. The van der Waals surface area contributed by atoms with E-state index in [4.69, 9.17) is 15.9 Å². The van der Waals surface area contributed by atoms with Crippen molar-refractivity contribution in [3.05, 3.63) is 0 Å². The highest BCUT2D eigenvalue weighted by atomic mass is 32.1. The van der Waals surface area contributed by atoms with Gasteiger partial charge in [-0.25, -0.2) is 4.79 Å². The zero-order valence-electron chi connectivity index (χ0n) is 15.8. The molecule has 1 aliphatic rings. The van der Waals surface area contributed by atoms with Gasteiger partial charge in [-0.05, 0) is 19.8 Å². The topological polar surface area (TPSA) is 199 Å². The number of thiol groups is 1. The third kappa shape index (κ3) is 6.87. The lowest BCUT2D eigenvalue weighted by atomic mass is 10.1. The summed E-state index contributed by atoms with van der Waals surface area (Å²) >= 11 is 3.87. The van der Waals surface area contributed by atoms with Crippen LogP contribution in [0.2, 0.25) is 0 Å². The molecule has 0 bridgehead atoms. The van der Waals surface area contributed by atoms with Crippen LogP contribution in [0.25, 0.3) is 0 Å². The normalized spacial score (nSPS) is 20.3. The van der Waals surface area contributed by atoms with E-state index in [0.717, 1.165) is 4.90 Å². The van der Waals surface area contributed by atoms with Crippen molar-refractivity contribution in [2.75, 3.05) is 12.3 Å². The molecule has 0 aromatic heterocycles. The smallest absolute Gasteiger partial charge is 0.328 e. The average molecular weight is 434 g/mol. The first kappa shape index (κ1) is 24.7. The van der Waals surface area contributed by atoms with E-state index in [0.29, 0.717) is 6.42 Å². The monoisotopic (exact) mass is 434 g/mol. The number of aliphatic hydroxyl groups is 1. The second-order valence-corrected chi connectivity index (χ2v) is 7.07. The van der Waals surface area contributed by atoms with Crippen molar-refractivity contribution in [2.24, 2.45) is 5.73 Å². The molecule has 0 radical (unpaired) electrons. The van der Waals surface area contributed by atoms with E-state index in [1.807, 2.05) is 0 Å². The summed E-state index contributed by atoms with van der Waals surface area (Å²) in [7, 11) is 0. The maximum atomic E-state index is 12.8. The van der Waals surface area contributed by atoms with Crippen molar-refractivity contribution in [3.63, 3.8) is 0 Å². The van der Waals surface area contributed by atoms with Gasteiger partial charge in [-0.3, -0.25) is 19.2 Å². The lowest BCUT2D eigenvalue weighted by Gasteiger charge is -2.29. The van der Waals surface area contributed by atoms with Crippen LogP contribution in [0, 0.1) is 0 Å². The van der Waals surface area contributed by atoms with E-state index >= 15 is 0 Å². The predicted octanol–water partition coefficient (Wildman–Crippen LogP) is -2.86. The minimum Gasteiger partial charge on any atom is -0.481 e. The zero-order chi connectivity index (χ0) is 22.3. The highest BCUT2D eigenvalue weighted by molar-refractivity contribution is 7.80. The van der Waals surface area contributed by atoms with Gasteiger partial charge in [-0.1, -0.05) is 0 Å². The highest BCUT2D eigenvalue weighted by Crippen LogP contribution is 2.20. The number of hydrogen-bond donors (Lipinski definition) is 7. The summed E-state index contributed by atoms with van der Waals surface area (Å²) in [5.41, 5.74) is 5.53. The SMILES string of the molecule is CC(O)C(NC(=O)C1CCCN1C(=O)C(CC(=O)O)NC(=O)C(N)CS)C(=O)O. The standard InChI is InChI=1S/C16H26N4O8S/c1-7(21)12(16(27)28)19-14(25)10-3-2-4-20(10)15(26)9(5-11(22)23)18-13(24)8(17)6-29/h7-10,12,21,29H,2-6,17H2,1H3,(H,18,24)(H,19,25)(H,22,23)(H,27,28). The summed E-state index contributed by atoms with van der Waals surface area (Å²) in [6, 6.07) is -5.13. The van der Waals surface area contributed by atoms with Gasteiger partial charge < -0.3 is 36.6 Å². The number of amides is 3. The van der Waals surface area contributed by atoms with Crippen LogP contribution in [0.3, 0.4) is 0 Å². The van der Waals surface area contributed by atoms with Gasteiger partial charge in [0.2, 0.25) is 17.7 Å². The van der Waals surface area contributed by atoms with Crippen LogP contribution in [-0.2, 0) is 24.0 Å². The number of nitrogens with zero attached hydrogens (tertiary/aromatic N) is 1. The number of carbonyl (C=O) groups is 5. The Hall–Kier alpha value is -2.38. The number of nitrogens with one attached hydrogen (secondary N) is 2. The summed E-state index contributed by atoms with van der Waals surface area (Å²) in [5, 5.41) is 32.1. The molecule has 5 atom stereocenters.